The van der Waals surface area contributed by atoms with Crippen LogP contribution in [0, 0.1) is 0 Å². The molecule has 1 aromatic heterocycles. The number of halogens is 1. The topological polar surface area (TPSA) is 25.2 Å². The lowest BCUT2D eigenvalue weighted by Gasteiger charge is -2.26. The zero-order valence-corrected chi connectivity index (χ0v) is 13.6. The number of hydrogen-bond donors (Lipinski definition) is 1. The van der Waals surface area contributed by atoms with Gasteiger partial charge in [0.15, 0.2) is 0 Å². The third-order valence-corrected chi connectivity index (χ3v) is 3.94. The maximum Gasteiger partial charge on any atom is 0.134 e. The van der Waals surface area contributed by atoms with Gasteiger partial charge >= 0.3 is 0 Å². The third-order valence-electron chi connectivity index (χ3n) is 3.70. The molecule has 0 saturated carbocycles. The van der Waals surface area contributed by atoms with Crippen molar-refractivity contribution in [1.29, 1.82) is 0 Å². The fraction of sp³-hybridized carbons (Fsp3) is 0.529. The molecular formula is C17H24ClNO. The number of hydrogen-bond acceptors (Lipinski definition) is 2. The number of benzene rings is 1. The molecule has 110 valence electrons. The Hall–Kier alpha value is -0.990. The van der Waals surface area contributed by atoms with Crippen LogP contribution in [0.1, 0.15) is 46.3 Å². The SMILES string of the molecule is CCCNC(C)CC(C)(C)c1cc2cc(Cl)ccc2o1. The largest absolute Gasteiger partial charge is 0.461 e. The number of fused-ring (bicyclic) bond motifs is 1. The summed E-state index contributed by atoms with van der Waals surface area (Å²) in [6.45, 7) is 9.95. The van der Waals surface area contributed by atoms with Gasteiger partial charge in [0, 0.05) is 21.9 Å². The summed E-state index contributed by atoms with van der Waals surface area (Å²) in [5.41, 5.74) is 0.915. The van der Waals surface area contributed by atoms with Gasteiger partial charge in [-0.3, -0.25) is 0 Å². The van der Waals surface area contributed by atoms with Crippen molar-refractivity contribution in [3.05, 3.63) is 35.0 Å². The summed E-state index contributed by atoms with van der Waals surface area (Å²) >= 11 is 6.03. The van der Waals surface area contributed by atoms with Crippen LogP contribution in [0.4, 0.5) is 0 Å². The van der Waals surface area contributed by atoms with E-state index in [0.717, 1.165) is 41.1 Å². The predicted molar refractivity (Wildman–Crippen MR) is 86.6 cm³/mol. The molecule has 20 heavy (non-hydrogen) atoms. The third kappa shape index (κ3) is 3.56. The first-order valence-electron chi connectivity index (χ1n) is 7.35. The van der Waals surface area contributed by atoms with Crippen molar-refractivity contribution in [2.24, 2.45) is 0 Å². The van der Waals surface area contributed by atoms with Crippen LogP contribution in [0.2, 0.25) is 5.02 Å². The van der Waals surface area contributed by atoms with E-state index in [1.54, 1.807) is 0 Å². The average molecular weight is 294 g/mol. The van der Waals surface area contributed by atoms with Crippen molar-refractivity contribution in [3.63, 3.8) is 0 Å². The van der Waals surface area contributed by atoms with Gasteiger partial charge in [0.05, 0.1) is 0 Å². The Morgan fingerprint density at radius 3 is 2.75 bits per heavy atom. The maximum atomic E-state index is 6.03. The van der Waals surface area contributed by atoms with Crippen molar-refractivity contribution in [2.75, 3.05) is 6.54 Å². The summed E-state index contributed by atoms with van der Waals surface area (Å²) in [4.78, 5) is 0. The Morgan fingerprint density at radius 1 is 1.30 bits per heavy atom. The summed E-state index contributed by atoms with van der Waals surface area (Å²) in [7, 11) is 0. The van der Waals surface area contributed by atoms with E-state index in [4.69, 9.17) is 16.0 Å². The summed E-state index contributed by atoms with van der Waals surface area (Å²) in [6.07, 6.45) is 2.20. The van der Waals surface area contributed by atoms with Crippen molar-refractivity contribution >= 4 is 22.6 Å². The highest BCUT2D eigenvalue weighted by Gasteiger charge is 2.27. The Labute approximate surface area is 126 Å². The first-order chi connectivity index (χ1) is 9.42. The van der Waals surface area contributed by atoms with Crippen molar-refractivity contribution in [3.8, 4) is 0 Å². The van der Waals surface area contributed by atoms with Crippen LogP contribution >= 0.6 is 11.6 Å². The molecule has 1 heterocycles. The minimum Gasteiger partial charge on any atom is -0.461 e. The molecule has 0 radical (unpaired) electrons. The number of furan rings is 1. The normalized spacial score (nSPS) is 13.8. The van der Waals surface area contributed by atoms with E-state index in [2.05, 4.69) is 39.1 Å². The molecule has 0 amide bonds. The van der Waals surface area contributed by atoms with Crippen molar-refractivity contribution in [2.45, 2.75) is 52.0 Å². The molecule has 0 bridgehead atoms. The van der Waals surface area contributed by atoms with Crippen LogP contribution in [0.15, 0.2) is 28.7 Å². The van der Waals surface area contributed by atoms with E-state index in [1.165, 1.54) is 0 Å². The van der Waals surface area contributed by atoms with E-state index in [1.807, 2.05) is 18.2 Å². The Bertz CT molecular complexity index is 573. The Morgan fingerprint density at radius 2 is 2.05 bits per heavy atom. The van der Waals surface area contributed by atoms with Gasteiger partial charge in [0.2, 0.25) is 0 Å². The highest BCUT2D eigenvalue weighted by atomic mass is 35.5. The first kappa shape index (κ1) is 15.4. The van der Waals surface area contributed by atoms with Gasteiger partial charge in [-0.2, -0.15) is 0 Å². The molecule has 0 aliphatic carbocycles. The van der Waals surface area contributed by atoms with Crippen molar-refractivity contribution < 1.29 is 4.42 Å². The second-order valence-corrected chi connectivity index (χ2v) is 6.67. The summed E-state index contributed by atoms with van der Waals surface area (Å²) in [5, 5.41) is 5.37. The minimum atomic E-state index is 0.00561. The van der Waals surface area contributed by atoms with Crippen LogP contribution in [0.25, 0.3) is 11.0 Å². The molecule has 0 fully saturated rings. The zero-order chi connectivity index (χ0) is 14.8. The Balaban J connectivity index is 2.18. The molecule has 0 aliphatic rings. The molecule has 2 nitrogen and oxygen atoms in total. The van der Waals surface area contributed by atoms with E-state index in [0.29, 0.717) is 6.04 Å². The predicted octanol–water partition coefficient (Wildman–Crippen LogP) is 5.14. The second-order valence-electron chi connectivity index (χ2n) is 6.24. The van der Waals surface area contributed by atoms with Crippen LogP contribution in [-0.2, 0) is 5.41 Å². The van der Waals surface area contributed by atoms with E-state index < -0.39 is 0 Å². The van der Waals surface area contributed by atoms with E-state index >= 15 is 0 Å². The van der Waals surface area contributed by atoms with Crippen molar-refractivity contribution in [1.82, 2.24) is 5.32 Å². The van der Waals surface area contributed by atoms with Crippen LogP contribution in [0.5, 0.6) is 0 Å². The summed E-state index contributed by atoms with van der Waals surface area (Å²) in [5.74, 6) is 1.03. The van der Waals surface area contributed by atoms with Gasteiger partial charge in [-0.15, -0.1) is 0 Å². The monoisotopic (exact) mass is 293 g/mol. The lowest BCUT2D eigenvalue weighted by atomic mass is 9.83. The lowest BCUT2D eigenvalue weighted by Crippen LogP contribution is -2.33. The standard InChI is InChI=1S/C17H24ClNO/c1-5-8-19-12(2)11-17(3,4)16-10-13-9-14(18)6-7-15(13)20-16/h6-7,9-10,12,19H,5,8,11H2,1-4H3. The quantitative estimate of drug-likeness (QED) is 0.797. The molecule has 1 N–H and O–H groups in total. The molecule has 3 heteroatoms. The zero-order valence-electron chi connectivity index (χ0n) is 12.8. The average Bonchev–Trinajstić information content (AvgIpc) is 2.79. The minimum absolute atomic E-state index is 0.00561. The van der Waals surface area contributed by atoms with E-state index in [-0.39, 0.29) is 5.41 Å². The van der Waals surface area contributed by atoms with Gasteiger partial charge in [-0.25, -0.2) is 0 Å². The number of nitrogens with one attached hydrogen (secondary N) is 1. The number of rotatable bonds is 6. The molecular weight excluding hydrogens is 270 g/mol. The fourth-order valence-corrected chi connectivity index (χ4v) is 2.86. The summed E-state index contributed by atoms with van der Waals surface area (Å²) in [6, 6.07) is 8.36. The molecule has 0 saturated heterocycles. The smallest absolute Gasteiger partial charge is 0.134 e. The first-order valence-corrected chi connectivity index (χ1v) is 7.73. The maximum absolute atomic E-state index is 6.03. The molecule has 1 aromatic carbocycles. The Kier molecular flexibility index (Phi) is 4.77. The van der Waals surface area contributed by atoms with Gasteiger partial charge in [-0.1, -0.05) is 32.4 Å². The molecule has 0 aliphatic heterocycles. The van der Waals surface area contributed by atoms with Gasteiger partial charge in [0.1, 0.15) is 11.3 Å². The highest BCUT2D eigenvalue weighted by Crippen LogP contribution is 2.33. The highest BCUT2D eigenvalue weighted by molar-refractivity contribution is 6.31. The van der Waals surface area contributed by atoms with Gasteiger partial charge < -0.3 is 9.73 Å². The molecule has 1 unspecified atom stereocenters. The van der Waals surface area contributed by atoms with E-state index in [9.17, 15) is 0 Å². The molecule has 0 spiro atoms. The molecule has 1 atom stereocenters. The van der Waals surface area contributed by atoms with Crippen LogP contribution < -0.4 is 5.32 Å². The lowest BCUT2D eigenvalue weighted by molar-refractivity contribution is 0.334. The molecule has 2 rings (SSSR count). The van der Waals surface area contributed by atoms with Gasteiger partial charge in [0.25, 0.3) is 0 Å². The fourth-order valence-electron chi connectivity index (χ4n) is 2.68. The molecule has 2 aromatic rings. The van der Waals surface area contributed by atoms with Crippen LogP contribution in [-0.4, -0.2) is 12.6 Å². The van der Waals surface area contributed by atoms with Crippen LogP contribution in [0.3, 0.4) is 0 Å². The second kappa shape index (κ2) is 6.19. The summed E-state index contributed by atoms with van der Waals surface area (Å²) < 4.78 is 6.01. The van der Waals surface area contributed by atoms with Gasteiger partial charge in [-0.05, 0) is 50.6 Å².